The summed E-state index contributed by atoms with van der Waals surface area (Å²) in [7, 11) is 0. The van der Waals surface area contributed by atoms with E-state index in [1.54, 1.807) is 11.0 Å². The van der Waals surface area contributed by atoms with Crippen molar-refractivity contribution in [3.8, 4) is 11.5 Å². The van der Waals surface area contributed by atoms with Crippen molar-refractivity contribution in [2.24, 2.45) is 0 Å². The Labute approximate surface area is 139 Å². The molecule has 4 rings (SSSR count). The Kier molecular flexibility index (Phi) is 4.30. The maximum atomic E-state index is 5.80. The van der Waals surface area contributed by atoms with Crippen LogP contribution < -0.4 is 0 Å². The van der Waals surface area contributed by atoms with Gasteiger partial charge in [0.15, 0.2) is 5.82 Å². The van der Waals surface area contributed by atoms with Crippen LogP contribution in [0.4, 0.5) is 0 Å². The van der Waals surface area contributed by atoms with Gasteiger partial charge in [-0.1, -0.05) is 23.4 Å². The first kappa shape index (κ1) is 15.0. The first-order valence-electron chi connectivity index (χ1n) is 7.91. The molecular formula is C16H18N6O2. The highest BCUT2D eigenvalue weighted by molar-refractivity contribution is 5.51. The third-order valence-corrected chi connectivity index (χ3v) is 3.93. The molecule has 0 aliphatic carbocycles. The van der Waals surface area contributed by atoms with Gasteiger partial charge in [0.25, 0.3) is 5.89 Å². The van der Waals surface area contributed by atoms with E-state index >= 15 is 0 Å². The Bertz CT molecular complexity index is 758. The highest BCUT2D eigenvalue weighted by Gasteiger charge is 2.22. The summed E-state index contributed by atoms with van der Waals surface area (Å²) in [6, 6.07) is 9.79. The van der Waals surface area contributed by atoms with Gasteiger partial charge in [0.1, 0.15) is 12.7 Å². The van der Waals surface area contributed by atoms with Crippen LogP contribution in [0, 0.1) is 0 Å². The van der Waals surface area contributed by atoms with E-state index in [0.29, 0.717) is 31.4 Å². The molecule has 0 bridgehead atoms. The zero-order chi connectivity index (χ0) is 16.2. The van der Waals surface area contributed by atoms with Crippen LogP contribution in [0.1, 0.15) is 5.82 Å². The van der Waals surface area contributed by atoms with Crippen LogP contribution in [0.25, 0.3) is 11.5 Å². The summed E-state index contributed by atoms with van der Waals surface area (Å²) in [6.45, 7) is 3.67. The molecule has 1 aromatic carbocycles. The lowest BCUT2D eigenvalue weighted by Gasteiger charge is -2.31. The lowest BCUT2D eigenvalue weighted by molar-refractivity contribution is -0.0411. The molecule has 3 aromatic rings. The minimum Gasteiger partial charge on any atom is -0.374 e. The van der Waals surface area contributed by atoms with Gasteiger partial charge < -0.3 is 9.26 Å². The van der Waals surface area contributed by atoms with Gasteiger partial charge in [-0.15, -0.1) is 0 Å². The molecule has 1 unspecified atom stereocenters. The van der Waals surface area contributed by atoms with Crippen molar-refractivity contribution in [3.63, 3.8) is 0 Å². The number of benzene rings is 1. The summed E-state index contributed by atoms with van der Waals surface area (Å²) >= 11 is 0. The number of morpholine rings is 1. The fourth-order valence-electron chi connectivity index (χ4n) is 2.79. The molecule has 1 fully saturated rings. The van der Waals surface area contributed by atoms with Gasteiger partial charge in [-0.3, -0.25) is 9.58 Å². The molecule has 24 heavy (non-hydrogen) atoms. The monoisotopic (exact) mass is 326 g/mol. The van der Waals surface area contributed by atoms with E-state index in [0.717, 1.165) is 18.7 Å². The summed E-state index contributed by atoms with van der Waals surface area (Å²) in [6.07, 6.45) is 3.32. The first-order valence-corrected chi connectivity index (χ1v) is 7.91. The Morgan fingerprint density at radius 1 is 1.21 bits per heavy atom. The predicted molar refractivity (Wildman–Crippen MR) is 84.8 cm³/mol. The molecule has 0 N–H and O–H groups in total. The van der Waals surface area contributed by atoms with Gasteiger partial charge in [0.05, 0.1) is 25.8 Å². The molecule has 8 nitrogen and oxygen atoms in total. The van der Waals surface area contributed by atoms with Crippen molar-refractivity contribution < 1.29 is 9.26 Å². The SMILES string of the molecule is c1ccc(-c2nc(CN3CCOC(Cn4cncn4)C3)no2)cc1. The third-order valence-electron chi connectivity index (χ3n) is 3.93. The zero-order valence-electron chi connectivity index (χ0n) is 13.2. The topological polar surface area (TPSA) is 82.1 Å². The normalized spacial score (nSPS) is 18.8. The van der Waals surface area contributed by atoms with Crippen molar-refractivity contribution in [1.82, 2.24) is 29.8 Å². The molecule has 1 aliphatic heterocycles. The highest BCUT2D eigenvalue weighted by atomic mass is 16.5. The molecule has 8 heteroatoms. The molecular weight excluding hydrogens is 308 g/mol. The van der Waals surface area contributed by atoms with Gasteiger partial charge in [0.2, 0.25) is 0 Å². The van der Waals surface area contributed by atoms with Gasteiger partial charge in [-0.25, -0.2) is 4.98 Å². The summed E-state index contributed by atoms with van der Waals surface area (Å²) in [5, 5.41) is 8.21. The minimum atomic E-state index is 0.0842. The molecule has 124 valence electrons. The lowest BCUT2D eigenvalue weighted by Crippen LogP contribution is -2.43. The molecule has 0 radical (unpaired) electrons. The van der Waals surface area contributed by atoms with Crippen molar-refractivity contribution >= 4 is 0 Å². The van der Waals surface area contributed by atoms with E-state index in [1.165, 1.54) is 6.33 Å². The van der Waals surface area contributed by atoms with E-state index < -0.39 is 0 Å². The second-order valence-electron chi connectivity index (χ2n) is 5.73. The van der Waals surface area contributed by atoms with Crippen LogP contribution in [0.15, 0.2) is 47.5 Å². The number of hydrogen-bond donors (Lipinski definition) is 0. The summed E-state index contributed by atoms with van der Waals surface area (Å²) in [5.41, 5.74) is 0.933. The maximum absolute atomic E-state index is 5.80. The Balaban J connectivity index is 1.37. The second kappa shape index (κ2) is 6.90. The minimum absolute atomic E-state index is 0.0842. The molecule has 2 aromatic heterocycles. The molecule has 0 amide bonds. The van der Waals surface area contributed by atoms with Gasteiger partial charge in [-0.2, -0.15) is 10.1 Å². The Morgan fingerprint density at radius 2 is 2.12 bits per heavy atom. The van der Waals surface area contributed by atoms with Crippen LogP contribution in [-0.4, -0.2) is 55.6 Å². The van der Waals surface area contributed by atoms with Crippen LogP contribution in [0.2, 0.25) is 0 Å². The molecule has 1 atom stereocenters. The fraction of sp³-hybridized carbons (Fsp3) is 0.375. The number of nitrogens with zero attached hydrogens (tertiary/aromatic N) is 6. The molecule has 3 heterocycles. The van der Waals surface area contributed by atoms with Gasteiger partial charge >= 0.3 is 0 Å². The quantitative estimate of drug-likeness (QED) is 0.697. The van der Waals surface area contributed by atoms with E-state index in [1.807, 2.05) is 30.3 Å². The molecule has 1 aliphatic rings. The number of ether oxygens (including phenoxy) is 1. The fourth-order valence-corrected chi connectivity index (χ4v) is 2.79. The van der Waals surface area contributed by atoms with E-state index in [4.69, 9.17) is 9.26 Å². The molecule has 0 spiro atoms. The maximum Gasteiger partial charge on any atom is 0.257 e. The van der Waals surface area contributed by atoms with E-state index in [-0.39, 0.29) is 6.10 Å². The predicted octanol–water partition coefficient (Wildman–Crippen LogP) is 1.23. The second-order valence-corrected chi connectivity index (χ2v) is 5.73. The van der Waals surface area contributed by atoms with Gasteiger partial charge in [-0.05, 0) is 12.1 Å². The number of hydrogen-bond acceptors (Lipinski definition) is 7. The third kappa shape index (κ3) is 3.50. The summed E-state index contributed by atoms with van der Waals surface area (Å²) in [5.74, 6) is 1.24. The number of aromatic nitrogens is 5. The van der Waals surface area contributed by atoms with Crippen molar-refractivity contribution in [2.75, 3.05) is 19.7 Å². The average molecular weight is 326 g/mol. The van der Waals surface area contributed by atoms with Crippen LogP contribution >= 0.6 is 0 Å². The van der Waals surface area contributed by atoms with E-state index in [9.17, 15) is 0 Å². The van der Waals surface area contributed by atoms with Gasteiger partial charge in [0, 0.05) is 18.7 Å². The standard InChI is InChI=1S/C16H18N6O2/c1-2-4-13(5-3-1)16-19-15(20-24-16)10-21-6-7-23-14(8-21)9-22-12-17-11-18-22/h1-5,11-12,14H,6-10H2. The Morgan fingerprint density at radius 3 is 2.96 bits per heavy atom. The lowest BCUT2D eigenvalue weighted by atomic mass is 10.2. The molecule has 1 saturated heterocycles. The highest BCUT2D eigenvalue weighted by Crippen LogP contribution is 2.17. The largest absolute Gasteiger partial charge is 0.374 e. The summed E-state index contributed by atoms with van der Waals surface area (Å²) < 4.78 is 12.9. The van der Waals surface area contributed by atoms with Crippen molar-refractivity contribution in [2.45, 2.75) is 19.2 Å². The van der Waals surface area contributed by atoms with Crippen molar-refractivity contribution in [3.05, 3.63) is 48.8 Å². The zero-order valence-corrected chi connectivity index (χ0v) is 13.2. The number of rotatable bonds is 5. The molecule has 0 saturated carbocycles. The van der Waals surface area contributed by atoms with Crippen LogP contribution in [0.3, 0.4) is 0 Å². The summed E-state index contributed by atoms with van der Waals surface area (Å²) in [4.78, 5) is 10.7. The smallest absolute Gasteiger partial charge is 0.257 e. The van der Waals surface area contributed by atoms with Crippen LogP contribution in [0.5, 0.6) is 0 Å². The Hall–Kier alpha value is -2.58. The average Bonchev–Trinajstić information content (AvgIpc) is 3.28. The van der Waals surface area contributed by atoms with Crippen molar-refractivity contribution in [1.29, 1.82) is 0 Å². The van der Waals surface area contributed by atoms with Crippen LogP contribution in [-0.2, 0) is 17.8 Å². The first-order chi connectivity index (χ1) is 11.9. The van der Waals surface area contributed by atoms with E-state index in [2.05, 4.69) is 25.1 Å².